The van der Waals surface area contributed by atoms with Crippen LogP contribution in [0.25, 0.3) is 5.57 Å². The molecule has 3 rings (SSSR count). The summed E-state index contributed by atoms with van der Waals surface area (Å²) in [6, 6.07) is 9.57. The summed E-state index contributed by atoms with van der Waals surface area (Å²) in [6.07, 6.45) is 2.78. The Kier molecular flexibility index (Phi) is 6.53. The average Bonchev–Trinajstić information content (AvgIpc) is 3.10. The van der Waals surface area contributed by atoms with Gasteiger partial charge >= 0.3 is 0 Å². The zero-order valence-electron chi connectivity index (χ0n) is 17.2. The molecule has 1 aliphatic heterocycles. The molecule has 1 amide bonds. The van der Waals surface area contributed by atoms with Crippen molar-refractivity contribution in [3.8, 4) is 6.07 Å². The zero-order chi connectivity index (χ0) is 22.6. The summed E-state index contributed by atoms with van der Waals surface area (Å²) in [5, 5.41) is 15.7. The van der Waals surface area contributed by atoms with Gasteiger partial charge in [-0.15, -0.1) is 0 Å². The number of nitrogens with two attached hydrogens (primary N) is 1. The molecule has 11 heteroatoms. The smallest absolute Gasteiger partial charge is 0.230 e. The van der Waals surface area contributed by atoms with Crippen molar-refractivity contribution in [2.24, 2.45) is 5.73 Å². The molecule has 1 aromatic carbocycles. The number of amides is 1. The fourth-order valence-electron chi connectivity index (χ4n) is 3.21. The summed E-state index contributed by atoms with van der Waals surface area (Å²) in [4.78, 5) is 21.9. The lowest BCUT2D eigenvalue weighted by Gasteiger charge is -2.19. The van der Waals surface area contributed by atoms with Crippen LogP contribution in [-0.4, -0.2) is 43.6 Å². The molecule has 0 fully saturated rings. The van der Waals surface area contributed by atoms with Gasteiger partial charge in [-0.3, -0.25) is 10.1 Å². The maximum atomic E-state index is 12.4. The van der Waals surface area contributed by atoms with Crippen LogP contribution in [0.15, 0.2) is 41.2 Å². The Hall–Kier alpha value is -3.49. The number of hydrogen-bond donors (Lipinski definition) is 3. The van der Waals surface area contributed by atoms with Gasteiger partial charge < -0.3 is 16.0 Å². The van der Waals surface area contributed by atoms with Crippen molar-refractivity contribution in [3.05, 3.63) is 42.0 Å². The fourth-order valence-corrected chi connectivity index (χ4v) is 3.95. The van der Waals surface area contributed by atoms with Crippen molar-refractivity contribution in [2.75, 3.05) is 34.9 Å². The van der Waals surface area contributed by atoms with Gasteiger partial charge in [-0.25, -0.2) is 18.4 Å². The second-order valence-electron chi connectivity index (χ2n) is 6.84. The molecule has 162 valence electrons. The highest BCUT2D eigenvalue weighted by Gasteiger charge is 2.29. The third-order valence-corrected chi connectivity index (χ3v) is 5.73. The molecule has 0 saturated carbocycles. The van der Waals surface area contributed by atoms with Crippen LogP contribution in [0.1, 0.15) is 25.5 Å². The van der Waals surface area contributed by atoms with Gasteiger partial charge in [0.1, 0.15) is 28.1 Å². The molecule has 2 aromatic rings. The number of carbonyl (C=O) groups excluding carboxylic acids is 1. The highest BCUT2D eigenvalue weighted by Crippen LogP contribution is 2.39. The first-order valence-corrected chi connectivity index (χ1v) is 11.5. The summed E-state index contributed by atoms with van der Waals surface area (Å²) < 4.78 is 24.8. The molecule has 2 heterocycles. The number of hydrogen-bond acceptors (Lipinski definition) is 9. The number of nitriles is 1. The molecule has 0 saturated heterocycles. The number of benzene rings is 1. The minimum absolute atomic E-state index is 0.0262. The van der Waals surface area contributed by atoms with E-state index in [2.05, 4.69) is 26.7 Å². The largest absolute Gasteiger partial charge is 0.339 e. The lowest BCUT2D eigenvalue weighted by Crippen LogP contribution is -2.23. The van der Waals surface area contributed by atoms with E-state index in [9.17, 15) is 18.5 Å². The number of carbonyl (C=O) groups is 1. The van der Waals surface area contributed by atoms with Crippen molar-refractivity contribution in [3.63, 3.8) is 0 Å². The Morgan fingerprint density at radius 1 is 1.35 bits per heavy atom. The lowest BCUT2D eigenvalue weighted by molar-refractivity contribution is -0.116. The third-order valence-electron chi connectivity index (χ3n) is 4.63. The van der Waals surface area contributed by atoms with Crippen LogP contribution in [0.3, 0.4) is 0 Å². The summed E-state index contributed by atoms with van der Waals surface area (Å²) >= 11 is 0. The van der Waals surface area contributed by atoms with Gasteiger partial charge in [0.15, 0.2) is 9.84 Å². The number of rotatable bonds is 7. The van der Waals surface area contributed by atoms with Crippen LogP contribution < -0.4 is 21.3 Å². The van der Waals surface area contributed by atoms with E-state index in [1.54, 1.807) is 0 Å². The first-order chi connectivity index (χ1) is 14.8. The molecule has 0 aliphatic carbocycles. The topological polar surface area (TPSA) is 154 Å². The maximum absolute atomic E-state index is 12.4. The Labute approximate surface area is 180 Å². The molecular weight excluding hydrogens is 418 g/mol. The van der Waals surface area contributed by atoms with Crippen LogP contribution >= 0.6 is 0 Å². The molecule has 0 radical (unpaired) electrons. The highest BCUT2D eigenvalue weighted by molar-refractivity contribution is 7.90. The highest BCUT2D eigenvalue weighted by atomic mass is 32.2. The number of nitrogens with one attached hydrogen (secondary N) is 2. The summed E-state index contributed by atoms with van der Waals surface area (Å²) in [5.41, 5.74) is 7.01. The molecule has 31 heavy (non-hydrogen) atoms. The van der Waals surface area contributed by atoms with Crippen molar-refractivity contribution < 1.29 is 13.2 Å². The minimum Gasteiger partial charge on any atom is -0.339 e. The van der Waals surface area contributed by atoms with E-state index in [4.69, 9.17) is 5.73 Å². The van der Waals surface area contributed by atoms with Crippen LogP contribution in [0.2, 0.25) is 0 Å². The molecule has 0 unspecified atom stereocenters. The van der Waals surface area contributed by atoms with E-state index in [1.807, 2.05) is 36.1 Å². The predicted molar refractivity (Wildman–Crippen MR) is 118 cm³/mol. The zero-order valence-corrected chi connectivity index (χ0v) is 18.0. The number of anilines is 3. The first kappa shape index (κ1) is 22.2. The first-order valence-electron chi connectivity index (χ1n) is 9.65. The Morgan fingerprint density at radius 2 is 2.10 bits per heavy atom. The number of sulfone groups is 1. The van der Waals surface area contributed by atoms with E-state index >= 15 is 0 Å². The maximum Gasteiger partial charge on any atom is 0.230 e. The minimum atomic E-state index is -3.75. The van der Waals surface area contributed by atoms with E-state index in [1.165, 1.54) is 0 Å². The standard InChI is InChI=1S/C20H23N7O3S/c1-3-27-15-8-5-4-7-14(15)24-19(27)13(11-22)18-16(31(2,29)30)12-23-20(26-18)25-17(28)9-6-10-21/h4-5,7-8,12,24H,3,6,9-10,21H2,1-2H3,(H,23,25,26,28). The van der Waals surface area contributed by atoms with Gasteiger partial charge in [0.05, 0.1) is 17.6 Å². The Morgan fingerprint density at radius 3 is 2.74 bits per heavy atom. The van der Waals surface area contributed by atoms with Crippen molar-refractivity contribution in [1.29, 1.82) is 5.26 Å². The molecule has 1 aliphatic rings. The second-order valence-corrected chi connectivity index (χ2v) is 8.83. The average molecular weight is 442 g/mol. The van der Waals surface area contributed by atoms with Crippen LogP contribution in [-0.2, 0) is 14.6 Å². The number of fused-ring (bicyclic) bond motifs is 1. The van der Waals surface area contributed by atoms with Crippen molar-refractivity contribution >= 4 is 38.6 Å². The molecule has 1 aromatic heterocycles. The van der Waals surface area contributed by atoms with E-state index in [0.717, 1.165) is 23.8 Å². The third kappa shape index (κ3) is 4.65. The van der Waals surface area contributed by atoms with Crippen LogP contribution in [0.4, 0.5) is 17.3 Å². The van der Waals surface area contributed by atoms with E-state index in [-0.39, 0.29) is 34.4 Å². The molecule has 0 atom stereocenters. The SMILES string of the molecule is CCN1C(=C(C#N)c2nc(NC(=O)CCCN)ncc2S(C)(=O)=O)Nc2ccccc21. The van der Waals surface area contributed by atoms with Crippen molar-refractivity contribution in [1.82, 2.24) is 9.97 Å². The number of aromatic nitrogens is 2. The monoisotopic (exact) mass is 441 g/mol. The van der Waals surface area contributed by atoms with Gasteiger partial charge in [0, 0.05) is 19.2 Å². The molecule has 0 spiro atoms. The van der Waals surface area contributed by atoms with Crippen molar-refractivity contribution in [2.45, 2.75) is 24.7 Å². The molecular formula is C20H23N7O3S. The number of nitrogens with zero attached hydrogens (tertiary/aromatic N) is 4. The van der Waals surface area contributed by atoms with Gasteiger partial charge in [0.2, 0.25) is 11.9 Å². The normalized spacial score (nSPS) is 14.5. The number of para-hydroxylation sites is 2. The van der Waals surface area contributed by atoms with Gasteiger partial charge in [0.25, 0.3) is 0 Å². The van der Waals surface area contributed by atoms with Gasteiger partial charge in [-0.05, 0) is 32.0 Å². The van der Waals surface area contributed by atoms with Crippen LogP contribution in [0.5, 0.6) is 0 Å². The molecule has 10 nitrogen and oxygen atoms in total. The summed E-state index contributed by atoms with van der Waals surface area (Å²) in [7, 11) is -3.75. The predicted octanol–water partition coefficient (Wildman–Crippen LogP) is 1.70. The van der Waals surface area contributed by atoms with Crippen LogP contribution in [0, 0.1) is 11.3 Å². The fraction of sp³-hybridized carbons (Fsp3) is 0.300. The quantitative estimate of drug-likeness (QED) is 0.545. The second kappa shape index (κ2) is 9.11. The summed E-state index contributed by atoms with van der Waals surface area (Å²) in [5.74, 6) is -0.0252. The Balaban J connectivity index is 2.14. The summed E-state index contributed by atoms with van der Waals surface area (Å²) in [6.45, 7) is 2.81. The van der Waals surface area contributed by atoms with Gasteiger partial charge in [-0.1, -0.05) is 12.1 Å². The molecule has 4 N–H and O–H groups in total. The lowest BCUT2D eigenvalue weighted by atomic mass is 10.2. The molecule has 0 bridgehead atoms. The van der Waals surface area contributed by atoms with E-state index in [0.29, 0.717) is 25.3 Å². The van der Waals surface area contributed by atoms with Gasteiger partial charge in [-0.2, -0.15) is 5.26 Å². The van der Waals surface area contributed by atoms with E-state index < -0.39 is 9.84 Å². The Bertz CT molecular complexity index is 1190. The number of allylic oxidation sites excluding steroid dienone is 1.